The highest BCUT2D eigenvalue weighted by molar-refractivity contribution is 7.13. The van der Waals surface area contributed by atoms with E-state index in [1.165, 1.54) is 11.3 Å². The van der Waals surface area contributed by atoms with Gasteiger partial charge in [-0.25, -0.2) is 15.0 Å². The first-order valence-electron chi connectivity index (χ1n) is 7.02. The van der Waals surface area contributed by atoms with Crippen molar-refractivity contribution >= 4 is 40.7 Å². The maximum absolute atomic E-state index is 11.6. The van der Waals surface area contributed by atoms with Gasteiger partial charge in [-0.1, -0.05) is 0 Å². The van der Waals surface area contributed by atoms with Gasteiger partial charge in [0.25, 0.3) is 5.91 Å². The number of carbonyl (C=O) groups is 1. The Balaban J connectivity index is 0.00000169. The van der Waals surface area contributed by atoms with E-state index in [1.54, 1.807) is 24.1 Å². The van der Waals surface area contributed by atoms with Gasteiger partial charge in [0, 0.05) is 30.4 Å². The number of fused-ring (bicyclic) bond motifs is 3. The summed E-state index contributed by atoms with van der Waals surface area (Å²) >= 11 is 1.47. The van der Waals surface area contributed by atoms with Crippen molar-refractivity contribution in [3.63, 3.8) is 0 Å². The number of halogens is 1. The van der Waals surface area contributed by atoms with E-state index in [2.05, 4.69) is 25.4 Å². The quantitative estimate of drug-likeness (QED) is 0.732. The van der Waals surface area contributed by atoms with Gasteiger partial charge in [-0.15, -0.1) is 23.7 Å². The van der Waals surface area contributed by atoms with Gasteiger partial charge in [-0.2, -0.15) is 5.10 Å². The van der Waals surface area contributed by atoms with Crippen LogP contribution < -0.4 is 11.1 Å². The van der Waals surface area contributed by atoms with Crippen LogP contribution in [0.4, 0.5) is 11.1 Å². The summed E-state index contributed by atoms with van der Waals surface area (Å²) in [6.07, 6.45) is 4.98. The number of primary amides is 1. The molecule has 0 radical (unpaired) electrons. The zero-order valence-electron chi connectivity index (χ0n) is 12.7. The topological polar surface area (TPSA) is 112 Å². The van der Waals surface area contributed by atoms with Crippen LogP contribution in [-0.4, -0.2) is 30.6 Å². The maximum Gasteiger partial charge on any atom is 0.269 e. The van der Waals surface area contributed by atoms with E-state index in [9.17, 15) is 4.79 Å². The third-order valence-electron chi connectivity index (χ3n) is 3.76. The fourth-order valence-corrected chi connectivity index (χ4v) is 3.32. The molecule has 0 unspecified atom stereocenters. The Kier molecular flexibility index (Phi) is 4.20. The molecule has 0 bridgehead atoms. The van der Waals surface area contributed by atoms with Crippen molar-refractivity contribution in [3.8, 4) is 11.4 Å². The van der Waals surface area contributed by atoms with Gasteiger partial charge in [0.2, 0.25) is 5.95 Å². The summed E-state index contributed by atoms with van der Waals surface area (Å²) in [6, 6.07) is 0. The van der Waals surface area contributed by atoms with E-state index in [-0.39, 0.29) is 12.4 Å². The van der Waals surface area contributed by atoms with E-state index >= 15 is 0 Å². The summed E-state index contributed by atoms with van der Waals surface area (Å²) < 4.78 is 1.66. The van der Waals surface area contributed by atoms with Crippen LogP contribution in [-0.2, 0) is 19.9 Å². The van der Waals surface area contributed by atoms with Gasteiger partial charge in [0.15, 0.2) is 10.8 Å². The third kappa shape index (κ3) is 2.61. The number of aryl methyl sites for hydroxylation is 2. The van der Waals surface area contributed by atoms with Gasteiger partial charge in [0.1, 0.15) is 0 Å². The van der Waals surface area contributed by atoms with Crippen molar-refractivity contribution in [3.05, 3.63) is 34.6 Å². The Bertz CT molecular complexity index is 906. The Morgan fingerprint density at radius 1 is 1.38 bits per heavy atom. The highest BCUT2D eigenvalue weighted by Crippen LogP contribution is 2.34. The number of thiazole rings is 1. The van der Waals surface area contributed by atoms with Gasteiger partial charge >= 0.3 is 0 Å². The molecule has 3 aromatic rings. The number of nitrogens with two attached hydrogens (primary N) is 1. The second-order valence-corrected chi connectivity index (χ2v) is 6.09. The molecule has 24 heavy (non-hydrogen) atoms. The summed E-state index contributed by atoms with van der Waals surface area (Å²) in [5, 5.41) is 9.92. The van der Waals surface area contributed by atoms with E-state index in [0.717, 1.165) is 34.1 Å². The highest BCUT2D eigenvalue weighted by Gasteiger charge is 2.27. The molecule has 0 saturated carbocycles. The summed E-state index contributed by atoms with van der Waals surface area (Å²) in [5.41, 5.74) is 9.23. The number of hydrogen-bond donors (Lipinski definition) is 2. The molecule has 3 N–H and O–H groups in total. The maximum atomic E-state index is 11.6. The molecule has 4 rings (SSSR count). The second-order valence-electron chi connectivity index (χ2n) is 5.19. The Hall–Kier alpha value is -2.52. The van der Waals surface area contributed by atoms with Crippen molar-refractivity contribution < 1.29 is 4.79 Å². The molecule has 0 aliphatic heterocycles. The van der Waals surface area contributed by atoms with Crippen molar-refractivity contribution in [1.29, 1.82) is 0 Å². The highest BCUT2D eigenvalue weighted by atomic mass is 35.5. The van der Waals surface area contributed by atoms with Gasteiger partial charge in [-0.05, 0) is 18.4 Å². The number of amides is 1. The standard InChI is InChI=1S/C14H13N7OS.ClH/c1-21-11-8(10(20-21)12(15)22)3-2-7-6-17-13(18-9(7)11)19-14-16-4-5-23-14;/h4-6H,2-3H2,1H3,(H2,15,22)(H,16,17,18,19);1H. The SMILES string of the molecule is Cl.Cn1nc(C(N)=O)c2c1-c1nc(Nc3nccs3)ncc1CC2. The molecule has 0 atom stereocenters. The Morgan fingerprint density at radius 3 is 2.92 bits per heavy atom. The normalized spacial score (nSPS) is 12.0. The number of nitrogens with zero attached hydrogens (tertiary/aromatic N) is 5. The fraction of sp³-hybridized carbons (Fsp3) is 0.214. The molecule has 0 fully saturated rings. The van der Waals surface area contributed by atoms with Crippen LogP contribution in [0.5, 0.6) is 0 Å². The monoisotopic (exact) mass is 363 g/mol. The first-order chi connectivity index (χ1) is 11.1. The van der Waals surface area contributed by atoms with Crippen LogP contribution in [0.3, 0.4) is 0 Å². The van der Waals surface area contributed by atoms with Crippen molar-refractivity contribution in [2.24, 2.45) is 12.8 Å². The minimum Gasteiger partial charge on any atom is -0.364 e. The van der Waals surface area contributed by atoms with Crippen molar-refractivity contribution in [2.75, 3.05) is 5.32 Å². The fourth-order valence-electron chi connectivity index (χ4n) is 2.79. The molecule has 0 saturated heterocycles. The van der Waals surface area contributed by atoms with E-state index in [4.69, 9.17) is 5.73 Å². The van der Waals surface area contributed by atoms with Crippen molar-refractivity contribution in [2.45, 2.75) is 12.8 Å². The van der Waals surface area contributed by atoms with Crippen LogP contribution in [0.2, 0.25) is 0 Å². The number of nitrogens with one attached hydrogen (secondary N) is 1. The first-order valence-corrected chi connectivity index (χ1v) is 7.90. The molecule has 0 aromatic carbocycles. The molecule has 1 aliphatic carbocycles. The van der Waals surface area contributed by atoms with Crippen LogP contribution in [0, 0.1) is 0 Å². The van der Waals surface area contributed by atoms with Crippen LogP contribution in [0.15, 0.2) is 17.8 Å². The van der Waals surface area contributed by atoms with Crippen molar-refractivity contribution in [1.82, 2.24) is 24.7 Å². The molecule has 0 spiro atoms. The Labute approximate surface area is 147 Å². The minimum absolute atomic E-state index is 0. The summed E-state index contributed by atoms with van der Waals surface area (Å²) in [7, 11) is 1.79. The molecule has 124 valence electrons. The smallest absolute Gasteiger partial charge is 0.269 e. The summed E-state index contributed by atoms with van der Waals surface area (Å²) in [4.78, 5) is 24.7. The molecule has 3 aromatic heterocycles. The number of anilines is 2. The predicted molar refractivity (Wildman–Crippen MR) is 92.8 cm³/mol. The average Bonchev–Trinajstić information content (AvgIpc) is 3.15. The molecule has 1 amide bonds. The van der Waals surface area contributed by atoms with E-state index < -0.39 is 5.91 Å². The van der Waals surface area contributed by atoms with Gasteiger partial charge < -0.3 is 11.1 Å². The minimum atomic E-state index is -0.513. The molecule has 1 aliphatic rings. The number of carbonyl (C=O) groups excluding carboxylic acids is 1. The van der Waals surface area contributed by atoms with Crippen LogP contribution >= 0.6 is 23.7 Å². The lowest BCUT2D eigenvalue weighted by Crippen LogP contribution is -2.16. The zero-order chi connectivity index (χ0) is 16.0. The predicted octanol–water partition coefficient (Wildman–Crippen LogP) is 1.70. The summed E-state index contributed by atoms with van der Waals surface area (Å²) in [5.74, 6) is -0.0473. The molecule has 8 nitrogen and oxygen atoms in total. The molecule has 3 heterocycles. The number of aromatic nitrogens is 5. The zero-order valence-corrected chi connectivity index (χ0v) is 14.3. The van der Waals surface area contributed by atoms with Gasteiger partial charge in [-0.3, -0.25) is 9.48 Å². The largest absolute Gasteiger partial charge is 0.364 e. The first kappa shape index (κ1) is 16.3. The average molecular weight is 364 g/mol. The molecular weight excluding hydrogens is 350 g/mol. The third-order valence-corrected chi connectivity index (χ3v) is 4.45. The number of hydrogen-bond acceptors (Lipinski definition) is 7. The lowest BCUT2D eigenvalue weighted by molar-refractivity contribution is 0.0994. The van der Waals surface area contributed by atoms with E-state index in [1.807, 2.05) is 5.38 Å². The second kappa shape index (κ2) is 6.17. The van der Waals surface area contributed by atoms with Crippen LogP contribution in [0.25, 0.3) is 11.4 Å². The van der Waals surface area contributed by atoms with Crippen LogP contribution in [0.1, 0.15) is 21.6 Å². The van der Waals surface area contributed by atoms with E-state index in [0.29, 0.717) is 18.1 Å². The summed E-state index contributed by atoms with van der Waals surface area (Å²) in [6.45, 7) is 0. The molecular formula is C14H14ClN7OS. The van der Waals surface area contributed by atoms with Gasteiger partial charge in [0.05, 0.1) is 11.4 Å². The lowest BCUT2D eigenvalue weighted by Gasteiger charge is -2.17. The lowest BCUT2D eigenvalue weighted by atomic mass is 9.93. The molecule has 10 heteroatoms. The number of rotatable bonds is 3. The Morgan fingerprint density at radius 2 is 2.21 bits per heavy atom.